The van der Waals surface area contributed by atoms with Crippen LogP contribution in [0.2, 0.25) is 0 Å². The van der Waals surface area contributed by atoms with Gasteiger partial charge in [-0.2, -0.15) is 0 Å². The number of para-hydroxylation sites is 1. The van der Waals surface area contributed by atoms with Gasteiger partial charge >= 0.3 is 0 Å². The van der Waals surface area contributed by atoms with Crippen molar-refractivity contribution in [2.45, 2.75) is 30.7 Å². The highest BCUT2D eigenvalue weighted by atomic mass is 32.2. The lowest BCUT2D eigenvalue weighted by Gasteiger charge is -2.16. The number of thiophene rings is 2. The van der Waals surface area contributed by atoms with Crippen LogP contribution in [0.15, 0.2) is 63.2 Å². The molecule has 1 amide bonds. The minimum atomic E-state index is -0.368. The molecule has 1 aromatic carbocycles. The fraction of sp³-hybridized carbons (Fsp3) is 0.227. The third kappa shape index (κ3) is 4.08. The largest absolute Gasteiger partial charge is 0.355 e. The number of aromatic nitrogens is 2. The summed E-state index contributed by atoms with van der Waals surface area (Å²) in [6.07, 6.45) is 0.878. The van der Waals surface area contributed by atoms with Gasteiger partial charge in [-0.05, 0) is 36.9 Å². The summed E-state index contributed by atoms with van der Waals surface area (Å²) in [5.41, 5.74) is 1.54. The Morgan fingerprint density at radius 3 is 2.70 bits per heavy atom. The highest BCUT2D eigenvalue weighted by molar-refractivity contribution is 8.00. The lowest BCUT2D eigenvalue weighted by Crippen LogP contribution is -2.32. The number of hydrogen-bond acceptors (Lipinski definition) is 6. The van der Waals surface area contributed by atoms with E-state index < -0.39 is 0 Å². The molecule has 0 fully saturated rings. The summed E-state index contributed by atoms with van der Waals surface area (Å²) in [6, 6.07) is 13.5. The molecule has 3 aromatic heterocycles. The first kappa shape index (κ1) is 20.8. The average Bonchev–Trinajstić information content (AvgIpc) is 3.42. The molecule has 0 saturated heterocycles. The van der Waals surface area contributed by atoms with Gasteiger partial charge in [-0.15, -0.1) is 22.7 Å². The highest BCUT2D eigenvalue weighted by Gasteiger charge is 2.22. The smallest absolute Gasteiger partial charge is 0.268 e. The summed E-state index contributed by atoms with van der Waals surface area (Å²) >= 11 is 4.38. The second-order valence-corrected chi connectivity index (χ2v) is 9.84. The molecule has 0 aliphatic carbocycles. The van der Waals surface area contributed by atoms with E-state index in [1.165, 1.54) is 23.1 Å². The van der Waals surface area contributed by atoms with Gasteiger partial charge in [0.15, 0.2) is 5.16 Å². The molecular formula is C22H21N3O2S3. The van der Waals surface area contributed by atoms with Crippen LogP contribution in [0.4, 0.5) is 0 Å². The average molecular weight is 456 g/mol. The molecule has 4 rings (SSSR count). The third-order valence-electron chi connectivity index (χ3n) is 4.58. The van der Waals surface area contributed by atoms with Crippen molar-refractivity contribution in [1.29, 1.82) is 0 Å². The predicted molar refractivity (Wildman–Crippen MR) is 127 cm³/mol. The number of nitrogens with one attached hydrogen (secondary N) is 1. The molecule has 0 radical (unpaired) electrons. The first-order valence-electron chi connectivity index (χ1n) is 9.68. The quantitative estimate of drug-likeness (QED) is 0.308. The number of hydrogen-bond donors (Lipinski definition) is 1. The minimum Gasteiger partial charge on any atom is -0.355 e. The number of amides is 1. The van der Waals surface area contributed by atoms with Gasteiger partial charge < -0.3 is 5.32 Å². The standard InChI is InChI=1S/C22H21N3O2S3/c1-3-11-23-19(26)14(2)30-22-24-20-18(16(13-29-20)17-10-7-12-28-17)21(27)25(22)15-8-5-4-6-9-15/h4-10,12-14H,3,11H2,1-2H3,(H,23,26). The van der Waals surface area contributed by atoms with Crippen LogP contribution in [0.3, 0.4) is 0 Å². The summed E-state index contributed by atoms with van der Waals surface area (Å²) in [5, 5.41) is 7.69. The van der Waals surface area contributed by atoms with Gasteiger partial charge in [0.2, 0.25) is 5.91 Å². The fourth-order valence-electron chi connectivity index (χ4n) is 3.07. The number of thioether (sulfide) groups is 1. The molecule has 0 spiro atoms. The van der Waals surface area contributed by atoms with E-state index in [4.69, 9.17) is 4.98 Å². The van der Waals surface area contributed by atoms with E-state index in [2.05, 4.69) is 5.32 Å². The zero-order chi connectivity index (χ0) is 21.1. The second-order valence-electron chi connectivity index (χ2n) is 6.73. The predicted octanol–water partition coefficient (Wildman–Crippen LogP) is 5.18. The Bertz CT molecular complexity index is 1210. The van der Waals surface area contributed by atoms with Crippen molar-refractivity contribution in [3.05, 3.63) is 63.6 Å². The van der Waals surface area contributed by atoms with Crippen LogP contribution < -0.4 is 10.9 Å². The summed E-state index contributed by atoms with van der Waals surface area (Å²) in [5.74, 6) is -0.0544. The van der Waals surface area contributed by atoms with E-state index in [-0.39, 0.29) is 16.7 Å². The Balaban J connectivity index is 1.85. The van der Waals surface area contributed by atoms with E-state index in [0.717, 1.165) is 22.5 Å². The minimum absolute atomic E-state index is 0.0544. The number of rotatable bonds is 7. The van der Waals surface area contributed by atoms with Crippen molar-refractivity contribution in [2.75, 3.05) is 6.54 Å². The topological polar surface area (TPSA) is 64.0 Å². The molecule has 8 heteroatoms. The Kier molecular flexibility index (Phi) is 6.36. The van der Waals surface area contributed by atoms with Gasteiger partial charge in [0.1, 0.15) is 4.83 Å². The van der Waals surface area contributed by atoms with Crippen molar-refractivity contribution in [3.63, 3.8) is 0 Å². The maximum absolute atomic E-state index is 13.7. The van der Waals surface area contributed by atoms with Crippen LogP contribution in [0, 0.1) is 0 Å². The van der Waals surface area contributed by atoms with Gasteiger partial charge in [-0.1, -0.05) is 43.0 Å². The van der Waals surface area contributed by atoms with Gasteiger partial charge in [0, 0.05) is 22.4 Å². The lowest BCUT2D eigenvalue weighted by molar-refractivity contribution is -0.120. The first-order valence-corrected chi connectivity index (χ1v) is 12.3. The van der Waals surface area contributed by atoms with Gasteiger partial charge in [0.25, 0.3) is 5.56 Å². The molecule has 3 heterocycles. The van der Waals surface area contributed by atoms with Crippen LogP contribution in [-0.2, 0) is 4.79 Å². The number of fused-ring (bicyclic) bond motifs is 1. The molecule has 154 valence electrons. The Morgan fingerprint density at radius 1 is 1.20 bits per heavy atom. The number of nitrogens with zero attached hydrogens (tertiary/aromatic N) is 2. The van der Waals surface area contributed by atoms with Gasteiger partial charge in [-0.25, -0.2) is 4.98 Å². The fourth-order valence-corrected chi connectivity index (χ4v) is 5.83. The first-order chi connectivity index (χ1) is 14.6. The molecular weight excluding hydrogens is 434 g/mol. The molecule has 1 unspecified atom stereocenters. The Hall–Kier alpha value is -2.42. The SMILES string of the molecule is CCCNC(=O)C(C)Sc1nc2scc(-c3cccs3)c2c(=O)n1-c1ccccc1. The van der Waals surface area contributed by atoms with Crippen molar-refractivity contribution in [1.82, 2.24) is 14.9 Å². The molecule has 30 heavy (non-hydrogen) atoms. The van der Waals surface area contributed by atoms with Crippen LogP contribution in [0.5, 0.6) is 0 Å². The lowest BCUT2D eigenvalue weighted by atomic mass is 10.2. The number of carbonyl (C=O) groups is 1. The summed E-state index contributed by atoms with van der Waals surface area (Å²) in [7, 11) is 0. The molecule has 1 atom stereocenters. The van der Waals surface area contributed by atoms with Crippen LogP contribution >= 0.6 is 34.4 Å². The zero-order valence-electron chi connectivity index (χ0n) is 16.6. The molecule has 0 saturated carbocycles. The van der Waals surface area contributed by atoms with Crippen molar-refractivity contribution < 1.29 is 4.79 Å². The molecule has 4 aromatic rings. The number of carbonyl (C=O) groups excluding carboxylic acids is 1. The number of benzene rings is 1. The zero-order valence-corrected chi connectivity index (χ0v) is 19.1. The molecule has 0 bridgehead atoms. The molecule has 0 aliphatic heterocycles. The van der Waals surface area contributed by atoms with Crippen LogP contribution in [0.25, 0.3) is 26.3 Å². The highest BCUT2D eigenvalue weighted by Crippen LogP contribution is 2.35. The third-order valence-corrected chi connectivity index (χ3v) is 7.41. The molecule has 5 nitrogen and oxygen atoms in total. The van der Waals surface area contributed by atoms with Crippen LogP contribution in [-0.4, -0.2) is 27.3 Å². The van der Waals surface area contributed by atoms with Crippen molar-refractivity contribution in [3.8, 4) is 16.1 Å². The van der Waals surface area contributed by atoms with Gasteiger partial charge in [-0.3, -0.25) is 14.2 Å². The maximum Gasteiger partial charge on any atom is 0.268 e. The van der Waals surface area contributed by atoms with E-state index in [0.29, 0.717) is 21.9 Å². The Labute approximate surface area is 186 Å². The second kappa shape index (κ2) is 9.16. The summed E-state index contributed by atoms with van der Waals surface area (Å²) in [6.45, 7) is 4.49. The molecule has 1 N–H and O–H groups in total. The van der Waals surface area contributed by atoms with E-state index in [1.54, 1.807) is 15.9 Å². The van der Waals surface area contributed by atoms with E-state index in [1.807, 2.05) is 67.1 Å². The summed E-state index contributed by atoms with van der Waals surface area (Å²) in [4.78, 5) is 32.6. The molecule has 0 aliphatic rings. The van der Waals surface area contributed by atoms with Gasteiger partial charge in [0.05, 0.1) is 16.3 Å². The monoisotopic (exact) mass is 455 g/mol. The Morgan fingerprint density at radius 2 is 2.00 bits per heavy atom. The van der Waals surface area contributed by atoms with E-state index in [9.17, 15) is 9.59 Å². The normalized spacial score (nSPS) is 12.2. The van der Waals surface area contributed by atoms with E-state index >= 15 is 0 Å². The van der Waals surface area contributed by atoms with Crippen LogP contribution in [0.1, 0.15) is 20.3 Å². The summed E-state index contributed by atoms with van der Waals surface area (Å²) < 4.78 is 1.63. The maximum atomic E-state index is 13.7. The van der Waals surface area contributed by atoms with Crippen molar-refractivity contribution in [2.24, 2.45) is 0 Å². The van der Waals surface area contributed by atoms with Crippen molar-refractivity contribution >= 4 is 50.6 Å².